The van der Waals surface area contributed by atoms with Gasteiger partial charge in [0.1, 0.15) is 87.3 Å². The van der Waals surface area contributed by atoms with Crippen molar-refractivity contribution >= 4 is 0 Å². The van der Waals surface area contributed by atoms with Crippen LogP contribution < -0.4 is 18.9 Å². The molecule has 88 heavy (non-hydrogen) atoms. The second-order valence-corrected chi connectivity index (χ2v) is 21.6. The predicted octanol–water partition coefficient (Wildman–Crippen LogP) is 4.72. The van der Waals surface area contributed by atoms with Gasteiger partial charge in [0, 0.05) is 98.0 Å². The largest absolute Gasteiger partial charge is 0.508 e. The van der Waals surface area contributed by atoms with E-state index in [9.17, 15) is 123 Å². The number of aliphatic hydroxyl groups is 4. The number of benzene rings is 8. The smallest absolute Gasteiger partial charge is 0.200 e. The highest BCUT2D eigenvalue weighted by molar-refractivity contribution is 5.74. The van der Waals surface area contributed by atoms with Crippen LogP contribution in [0, 0.1) is 0 Å². The minimum Gasteiger partial charge on any atom is -0.508 e. The van der Waals surface area contributed by atoms with Gasteiger partial charge in [-0.1, -0.05) is 0 Å². The standard InChI is InChI=1S/C60H50O28/c61-19-9-22(63)38-37(10-19)85-55(16-3-30(71)48(79)31(72)4-16)51(82)44(38)40-24(65)13-26(67)42-46(53(84)57(87-59(40)42)18-7-34(75)50(81)35(76)8-18)43-27(68)14-25(66)41-45(52(83)56(88-60(41)43)17-5-32(73)49(80)33(74)6-17)39-23(64)12-21(62)20-11-36(77)54(86-58(20)39)15-1-28(69)47(78)29(70)2-15/h1-10,12-14,36,44-46,51-57,61-84H,11H2/t36-,44-,45+,46+,51-,52-,53-,54-,55-,56-,57-/m1/s1. The first-order valence-electron chi connectivity index (χ1n) is 26.3. The Labute approximate surface area is 491 Å². The molecule has 0 radical (unpaired) electrons. The van der Waals surface area contributed by atoms with E-state index >= 15 is 0 Å². The summed E-state index contributed by atoms with van der Waals surface area (Å²) in [6, 6.07) is 10.5. The van der Waals surface area contributed by atoms with E-state index in [2.05, 4.69) is 0 Å². The molecule has 0 aliphatic carbocycles. The van der Waals surface area contributed by atoms with Gasteiger partial charge < -0.3 is 142 Å². The summed E-state index contributed by atoms with van der Waals surface area (Å²) >= 11 is 0. The Hall–Kier alpha value is -11.2. The van der Waals surface area contributed by atoms with Crippen LogP contribution in [0.15, 0.2) is 78.9 Å². The number of phenolic OH excluding ortho intramolecular Hbond substituents is 20. The molecule has 12 rings (SSSR count). The zero-order valence-corrected chi connectivity index (χ0v) is 44.4. The number of ether oxygens (including phenoxy) is 4. The van der Waals surface area contributed by atoms with Crippen molar-refractivity contribution in [3.8, 4) is 138 Å². The number of aliphatic hydroxyl groups excluding tert-OH is 4. The van der Waals surface area contributed by atoms with Crippen LogP contribution in [0.4, 0.5) is 0 Å². The SMILES string of the molecule is Oc1cc(O)c2c(c1)O[C@H](c1cc(O)c(O)c(O)c1)[C@H](O)[C@H]2c1c(O)cc(O)c2c1O[C@H](c1cc(O)c(O)c(O)c1)[C@H](O)[C@@H]2c1c(O)cc(O)c2c1O[C@H](c1cc(O)c(O)c(O)c1)[C@H](O)[C@H]2c1c(O)cc(O)c2c1O[C@H](c1cc(O)c(O)c(O)c1)[C@H](O)C2. The van der Waals surface area contributed by atoms with E-state index in [1.54, 1.807) is 0 Å². The first-order chi connectivity index (χ1) is 41.6. The summed E-state index contributed by atoms with van der Waals surface area (Å²) < 4.78 is 25.4. The van der Waals surface area contributed by atoms with E-state index in [-0.39, 0.29) is 16.7 Å². The maximum absolute atomic E-state index is 13.1. The molecule has 4 aliphatic rings. The van der Waals surface area contributed by atoms with Crippen LogP contribution in [-0.4, -0.2) is 147 Å². The maximum atomic E-state index is 13.1. The van der Waals surface area contributed by atoms with Gasteiger partial charge in [-0.25, -0.2) is 0 Å². The van der Waals surface area contributed by atoms with Gasteiger partial charge in [-0.3, -0.25) is 0 Å². The number of hydrogen-bond acceptors (Lipinski definition) is 28. The molecule has 0 spiro atoms. The fourth-order valence-corrected chi connectivity index (χ4v) is 12.5. The van der Waals surface area contributed by atoms with E-state index in [1.165, 1.54) is 0 Å². The van der Waals surface area contributed by atoms with Crippen molar-refractivity contribution in [3.63, 3.8) is 0 Å². The van der Waals surface area contributed by atoms with E-state index in [0.29, 0.717) is 12.1 Å². The lowest BCUT2D eigenvalue weighted by Gasteiger charge is -2.44. The zero-order chi connectivity index (χ0) is 63.3. The zero-order valence-electron chi connectivity index (χ0n) is 44.4. The highest BCUT2D eigenvalue weighted by Crippen LogP contribution is 2.65. The van der Waals surface area contributed by atoms with Gasteiger partial charge in [-0.2, -0.15) is 0 Å². The molecule has 8 aromatic carbocycles. The summed E-state index contributed by atoms with van der Waals surface area (Å²) in [5, 5.41) is 273. The van der Waals surface area contributed by atoms with Gasteiger partial charge >= 0.3 is 0 Å². The Bertz CT molecular complexity index is 4170. The van der Waals surface area contributed by atoms with Crippen molar-refractivity contribution in [1.82, 2.24) is 0 Å². The minimum atomic E-state index is -2.36. The van der Waals surface area contributed by atoms with E-state index < -0.39 is 256 Å². The monoisotopic (exact) mass is 1220 g/mol. The molecule has 0 fully saturated rings. The molecular formula is C60H50O28. The number of rotatable bonds is 7. The van der Waals surface area contributed by atoms with Crippen molar-refractivity contribution < 1.29 is 142 Å². The van der Waals surface area contributed by atoms with Gasteiger partial charge in [-0.15, -0.1) is 0 Å². The molecule has 458 valence electrons. The normalized spacial score (nSPS) is 23.4. The van der Waals surface area contributed by atoms with Crippen molar-refractivity contribution in [2.75, 3.05) is 0 Å². The third kappa shape index (κ3) is 8.67. The van der Waals surface area contributed by atoms with Gasteiger partial charge in [0.2, 0.25) is 0 Å². The molecule has 24 N–H and O–H groups in total. The summed E-state index contributed by atoms with van der Waals surface area (Å²) in [5.41, 5.74) is -5.47. The van der Waals surface area contributed by atoms with Crippen molar-refractivity contribution in [2.45, 2.75) is 73.0 Å². The van der Waals surface area contributed by atoms with Crippen LogP contribution in [0.1, 0.15) is 103 Å². The fourth-order valence-electron chi connectivity index (χ4n) is 12.5. The Kier molecular flexibility index (Phi) is 13.2. The molecule has 0 aromatic heterocycles. The number of phenols is 20. The molecule has 4 heterocycles. The summed E-state index contributed by atoms with van der Waals surface area (Å²) in [6.07, 6.45) is -16.7. The quantitative estimate of drug-likeness (QED) is 0.0960. The predicted molar refractivity (Wildman–Crippen MR) is 292 cm³/mol. The average Bonchev–Trinajstić information content (AvgIpc) is 0.873. The second kappa shape index (κ2) is 20.2. The van der Waals surface area contributed by atoms with Crippen LogP contribution >= 0.6 is 0 Å². The second-order valence-electron chi connectivity index (χ2n) is 21.6. The molecule has 8 aromatic rings. The van der Waals surface area contributed by atoms with E-state index in [4.69, 9.17) is 18.9 Å². The van der Waals surface area contributed by atoms with E-state index in [1.807, 2.05) is 0 Å². The lowest BCUT2D eigenvalue weighted by molar-refractivity contribution is -0.00867. The Balaban J connectivity index is 1.15. The fraction of sp³-hybridized carbons (Fsp3) is 0.200. The molecular weight excluding hydrogens is 1170 g/mol. The van der Waals surface area contributed by atoms with Crippen LogP contribution in [0.2, 0.25) is 0 Å². The van der Waals surface area contributed by atoms with Crippen LogP contribution in [0.5, 0.6) is 138 Å². The first-order valence-corrected chi connectivity index (χ1v) is 26.3. The lowest BCUT2D eigenvalue weighted by atomic mass is 9.72. The highest BCUT2D eigenvalue weighted by atomic mass is 16.5. The summed E-state index contributed by atoms with van der Waals surface area (Å²) in [5.74, 6) is -28.0. The van der Waals surface area contributed by atoms with Crippen LogP contribution in [0.25, 0.3) is 0 Å². The van der Waals surface area contributed by atoms with E-state index in [0.717, 1.165) is 66.7 Å². The molecule has 28 heteroatoms. The lowest BCUT2D eigenvalue weighted by Crippen LogP contribution is -2.40. The van der Waals surface area contributed by atoms with Gasteiger partial charge in [0.15, 0.2) is 93.4 Å². The third-order valence-electron chi connectivity index (χ3n) is 16.4. The molecule has 4 aliphatic heterocycles. The highest BCUT2D eigenvalue weighted by Gasteiger charge is 2.53. The van der Waals surface area contributed by atoms with Gasteiger partial charge in [0.05, 0.1) is 23.9 Å². The van der Waals surface area contributed by atoms with Crippen molar-refractivity contribution in [3.05, 3.63) is 140 Å². The van der Waals surface area contributed by atoms with Crippen LogP contribution in [-0.2, 0) is 6.42 Å². The number of hydrogen-bond donors (Lipinski definition) is 24. The average molecular weight is 1220 g/mol. The van der Waals surface area contributed by atoms with Gasteiger partial charge in [-0.05, 0) is 48.5 Å². The third-order valence-corrected chi connectivity index (χ3v) is 16.4. The Morgan fingerprint density at radius 3 is 0.886 bits per heavy atom. The first kappa shape index (κ1) is 57.2. The van der Waals surface area contributed by atoms with Gasteiger partial charge in [0.25, 0.3) is 0 Å². The molecule has 11 atom stereocenters. The minimum absolute atomic E-state index is 0.211. The van der Waals surface area contributed by atoms with Crippen molar-refractivity contribution in [2.24, 2.45) is 0 Å². The number of aromatic hydroxyl groups is 20. The maximum Gasteiger partial charge on any atom is 0.200 e. The summed E-state index contributed by atoms with van der Waals surface area (Å²) in [7, 11) is 0. The number of fused-ring (bicyclic) bond motifs is 4. The molecule has 0 saturated heterocycles. The Morgan fingerprint density at radius 1 is 0.261 bits per heavy atom. The summed E-state index contributed by atoms with van der Waals surface area (Å²) in [6.45, 7) is 0. The summed E-state index contributed by atoms with van der Waals surface area (Å²) in [4.78, 5) is 0. The van der Waals surface area contributed by atoms with Crippen molar-refractivity contribution in [1.29, 1.82) is 0 Å². The molecule has 0 unspecified atom stereocenters. The van der Waals surface area contributed by atoms with Crippen LogP contribution in [0.3, 0.4) is 0 Å². The molecule has 0 saturated carbocycles. The molecule has 0 bridgehead atoms. The Morgan fingerprint density at radius 2 is 0.534 bits per heavy atom. The topological polar surface area (TPSA) is 522 Å². The molecule has 28 nitrogen and oxygen atoms in total. The molecule has 0 amide bonds.